The van der Waals surface area contributed by atoms with Gasteiger partial charge in [0.15, 0.2) is 5.69 Å². The van der Waals surface area contributed by atoms with Gasteiger partial charge in [-0.05, 0) is 76.2 Å². The molecular weight excluding hydrogens is 452 g/mol. The summed E-state index contributed by atoms with van der Waals surface area (Å²) in [6.45, 7) is 11.6. The molecule has 0 saturated carbocycles. The summed E-state index contributed by atoms with van der Waals surface area (Å²) in [7, 11) is 0. The van der Waals surface area contributed by atoms with Crippen LogP contribution >= 0.6 is 0 Å². The fourth-order valence-electron chi connectivity index (χ4n) is 4.83. The maximum absolute atomic E-state index is 12.8. The molecule has 2 aromatic carbocycles. The molecule has 36 heavy (non-hydrogen) atoms. The lowest BCUT2D eigenvalue weighted by Crippen LogP contribution is -2.33. The van der Waals surface area contributed by atoms with Crippen molar-refractivity contribution in [3.63, 3.8) is 0 Å². The Morgan fingerprint density at radius 2 is 1.81 bits per heavy atom. The second kappa shape index (κ2) is 11.5. The minimum Gasteiger partial charge on any atom is -0.461 e. The van der Waals surface area contributed by atoms with Gasteiger partial charge in [0, 0.05) is 29.2 Å². The van der Waals surface area contributed by atoms with E-state index >= 15 is 0 Å². The van der Waals surface area contributed by atoms with Gasteiger partial charge < -0.3 is 15.0 Å². The van der Waals surface area contributed by atoms with Crippen molar-refractivity contribution in [3.8, 4) is 16.9 Å². The van der Waals surface area contributed by atoms with Crippen molar-refractivity contribution < 1.29 is 14.3 Å². The number of ether oxygens (including phenoxy) is 1. The number of hydrogen-bond acceptors (Lipinski definition) is 5. The van der Waals surface area contributed by atoms with E-state index in [1.54, 1.807) is 11.6 Å². The molecule has 7 nitrogen and oxygen atoms in total. The van der Waals surface area contributed by atoms with Crippen LogP contribution in [-0.2, 0) is 11.2 Å². The largest absolute Gasteiger partial charge is 0.461 e. The first-order valence-corrected chi connectivity index (χ1v) is 13.0. The van der Waals surface area contributed by atoms with Crippen LogP contribution in [0.15, 0.2) is 48.5 Å². The summed E-state index contributed by atoms with van der Waals surface area (Å²) in [6.07, 6.45) is 2.64. The van der Waals surface area contributed by atoms with Gasteiger partial charge >= 0.3 is 5.97 Å². The van der Waals surface area contributed by atoms with Crippen molar-refractivity contribution in [2.24, 2.45) is 0 Å². The van der Waals surface area contributed by atoms with Gasteiger partial charge in [0.1, 0.15) is 0 Å². The number of aromatic nitrogens is 2. The van der Waals surface area contributed by atoms with Gasteiger partial charge in [-0.3, -0.25) is 4.79 Å². The van der Waals surface area contributed by atoms with Gasteiger partial charge in [0.05, 0.1) is 18.0 Å². The molecule has 1 aromatic heterocycles. The molecule has 190 valence electrons. The molecule has 0 bridgehead atoms. The SMILES string of the molecule is CCOC(=O)c1nn(-c2ccc(C(=O)N[C@@H](C)CCCN(CC)CC)cc2)c2c1Cc1ccccc1-2. The van der Waals surface area contributed by atoms with E-state index < -0.39 is 5.97 Å². The molecule has 1 heterocycles. The summed E-state index contributed by atoms with van der Waals surface area (Å²) in [5, 5.41) is 7.75. The lowest BCUT2D eigenvalue weighted by atomic mass is 10.1. The molecule has 0 fully saturated rings. The van der Waals surface area contributed by atoms with Crippen LogP contribution in [0.25, 0.3) is 16.9 Å². The van der Waals surface area contributed by atoms with Crippen LogP contribution in [0, 0.1) is 0 Å². The van der Waals surface area contributed by atoms with Gasteiger partial charge in [-0.15, -0.1) is 0 Å². The number of benzene rings is 2. The van der Waals surface area contributed by atoms with Crippen molar-refractivity contribution >= 4 is 11.9 Å². The number of fused-ring (bicyclic) bond motifs is 3. The smallest absolute Gasteiger partial charge is 0.359 e. The zero-order chi connectivity index (χ0) is 25.7. The molecule has 0 radical (unpaired) electrons. The van der Waals surface area contributed by atoms with Gasteiger partial charge in [-0.2, -0.15) is 5.10 Å². The van der Waals surface area contributed by atoms with E-state index in [0.29, 0.717) is 24.3 Å². The predicted octanol–water partition coefficient (Wildman–Crippen LogP) is 4.86. The lowest BCUT2D eigenvalue weighted by Gasteiger charge is -2.19. The van der Waals surface area contributed by atoms with Crippen molar-refractivity contribution in [3.05, 3.63) is 70.9 Å². The zero-order valence-electron chi connectivity index (χ0n) is 21.7. The molecule has 0 unspecified atom stereocenters. The first-order valence-electron chi connectivity index (χ1n) is 13.0. The van der Waals surface area contributed by atoms with Crippen molar-refractivity contribution in [2.45, 2.75) is 53.0 Å². The number of amides is 1. The third-order valence-electron chi connectivity index (χ3n) is 6.85. The van der Waals surface area contributed by atoms with Crippen LogP contribution in [0.5, 0.6) is 0 Å². The van der Waals surface area contributed by atoms with E-state index in [4.69, 9.17) is 4.74 Å². The minimum absolute atomic E-state index is 0.0832. The molecule has 0 saturated heterocycles. The first-order chi connectivity index (χ1) is 17.5. The van der Waals surface area contributed by atoms with Crippen LogP contribution in [0.1, 0.15) is 72.5 Å². The average Bonchev–Trinajstić information content (AvgIpc) is 3.44. The lowest BCUT2D eigenvalue weighted by molar-refractivity contribution is 0.0517. The van der Waals surface area contributed by atoms with Crippen LogP contribution < -0.4 is 5.32 Å². The fraction of sp³-hybridized carbons (Fsp3) is 0.414. The number of nitrogens with one attached hydrogen (secondary N) is 1. The zero-order valence-corrected chi connectivity index (χ0v) is 21.7. The van der Waals surface area contributed by atoms with E-state index in [0.717, 1.165) is 60.5 Å². The summed E-state index contributed by atoms with van der Waals surface area (Å²) < 4.78 is 7.07. The van der Waals surface area contributed by atoms with E-state index in [1.165, 1.54) is 0 Å². The molecule has 1 aliphatic carbocycles. The molecular formula is C29H36N4O3. The van der Waals surface area contributed by atoms with Crippen LogP contribution in [0.3, 0.4) is 0 Å². The Morgan fingerprint density at radius 3 is 2.50 bits per heavy atom. The maximum Gasteiger partial charge on any atom is 0.359 e. The second-order valence-corrected chi connectivity index (χ2v) is 9.23. The van der Waals surface area contributed by atoms with Crippen LogP contribution in [0.4, 0.5) is 0 Å². The summed E-state index contributed by atoms with van der Waals surface area (Å²) in [6, 6.07) is 15.6. The monoisotopic (exact) mass is 488 g/mol. The molecule has 7 heteroatoms. The number of nitrogens with zero attached hydrogens (tertiary/aromatic N) is 3. The molecule has 1 amide bonds. The molecule has 1 aliphatic rings. The van der Waals surface area contributed by atoms with Crippen LogP contribution in [0.2, 0.25) is 0 Å². The standard InChI is InChI=1S/C29H36N4O3/c1-5-32(6-2)18-10-11-20(4)30-28(34)21-14-16-23(17-15-21)33-27-24-13-9-8-12-22(24)19-25(27)26(31-33)29(35)36-7-3/h8-9,12-17,20H,5-7,10-11,18-19H2,1-4H3,(H,30,34)/t20-/m0/s1. The highest BCUT2D eigenvalue weighted by Gasteiger charge is 2.31. The quantitative estimate of drug-likeness (QED) is 0.305. The second-order valence-electron chi connectivity index (χ2n) is 9.23. The Hall–Kier alpha value is -3.45. The number of esters is 1. The molecule has 1 N–H and O–H groups in total. The maximum atomic E-state index is 12.8. The number of hydrogen-bond donors (Lipinski definition) is 1. The molecule has 0 aliphatic heterocycles. The highest BCUT2D eigenvalue weighted by atomic mass is 16.5. The Balaban J connectivity index is 1.51. The molecule has 1 atom stereocenters. The van der Waals surface area contributed by atoms with Gasteiger partial charge in [0.25, 0.3) is 5.91 Å². The van der Waals surface area contributed by atoms with Gasteiger partial charge in [-0.25, -0.2) is 9.48 Å². The number of rotatable bonds is 11. The molecule has 3 aromatic rings. The summed E-state index contributed by atoms with van der Waals surface area (Å²) in [5.74, 6) is -0.494. The van der Waals surface area contributed by atoms with Gasteiger partial charge in [-0.1, -0.05) is 38.1 Å². The number of carbonyl (C=O) groups excluding carboxylic acids is 2. The third-order valence-corrected chi connectivity index (χ3v) is 6.85. The van der Waals surface area contributed by atoms with E-state index in [2.05, 4.69) is 48.2 Å². The van der Waals surface area contributed by atoms with Crippen molar-refractivity contribution in [1.29, 1.82) is 0 Å². The third kappa shape index (κ3) is 5.36. The predicted molar refractivity (Wildman–Crippen MR) is 142 cm³/mol. The summed E-state index contributed by atoms with van der Waals surface area (Å²) in [4.78, 5) is 27.9. The fourth-order valence-corrected chi connectivity index (χ4v) is 4.83. The molecule has 4 rings (SSSR count). The topological polar surface area (TPSA) is 76.5 Å². The van der Waals surface area contributed by atoms with E-state index in [1.807, 2.05) is 36.4 Å². The summed E-state index contributed by atoms with van der Waals surface area (Å²) in [5.41, 5.74) is 5.77. The Labute approximate surface area is 213 Å². The van der Waals surface area contributed by atoms with Crippen molar-refractivity contribution in [2.75, 3.05) is 26.2 Å². The van der Waals surface area contributed by atoms with E-state index in [-0.39, 0.29) is 11.9 Å². The minimum atomic E-state index is -0.411. The van der Waals surface area contributed by atoms with Crippen molar-refractivity contribution in [1.82, 2.24) is 20.0 Å². The Kier molecular flexibility index (Phi) is 8.21. The normalized spacial score (nSPS) is 12.8. The average molecular weight is 489 g/mol. The van der Waals surface area contributed by atoms with Crippen LogP contribution in [-0.4, -0.2) is 58.8 Å². The summed E-state index contributed by atoms with van der Waals surface area (Å²) >= 11 is 0. The highest BCUT2D eigenvalue weighted by Crippen LogP contribution is 2.39. The number of carbonyl (C=O) groups is 2. The Morgan fingerprint density at radius 1 is 1.08 bits per heavy atom. The highest BCUT2D eigenvalue weighted by molar-refractivity contribution is 5.95. The van der Waals surface area contributed by atoms with E-state index in [9.17, 15) is 9.59 Å². The Bertz CT molecular complexity index is 1210. The van der Waals surface area contributed by atoms with Gasteiger partial charge in [0.2, 0.25) is 0 Å². The molecule has 0 spiro atoms. The first kappa shape index (κ1) is 25.6.